The van der Waals surface area contributed by atoms with E-state index in [1.54, 1.807) is 0 Å². The third kappa shape index (κ3) is 1.69. The van der Waals surface area contributed by atoms with E-state index in [0.717, 1.165) is 26.2 Å². The maximum atomic E-state index is 11.8. The molecule has 4 heteroatoms. The minimum Gasteiger partial charge on any atom is -0.378 e. The van der Waals surface area contributed by atoms with E-state index in [1.165, 1.54) is 0 Å². The molecule has 1 amide bonds. The number of nitrogens with zero attached hydrogens (tertiary/aromatic N) is 2. The summed E-state index contributed by atoms with van der Waals surface area (Å²) in [6.07, 6.45) is 2.10. The number of rotatable bonds is 1. The molecule has 2 saturated heterocycles. The molecule has 0 bridgehead atoms. The number of likely N-dealkylation sites (tertiary alicyclic amines) is 1. The minimum atomic E-state index is -0.0533. The van der Waals surface area contributed by atoms with Crippen molar-refractivity contribution >= 4 is 5.91 Å². The number of hydrogen-bond donors (Lipinski definition) is 0. The average molecular weight is 183 g/mol. The number of morpholine rings is 1. The number of amides is 1. The van der Waals surface area contributed by atoms with Gasteiger partial charge in [0.15, 0.2) is 0 Å². The van der Waals surface area contributed by atoms with Crippen molar-refractivity contribution in [2.24, 2.45) is 0 Å². The second-order valence-corrected chi connectivity index (χ2v) is 3.60. The number of hydrogen-bond acceptors (Lipinski definition) is 3. The normalized spacial score (nSPS) is 29.9. The van der Waals surface area contributed by atoms with Crippen molar-refractivity contribution in [3.63, 3.8) is 0 Å². The van der Waals surface area contributed by atoms with Gasteiger partial charge in [0, 0.05) is 26.1 Å². The predicted octanol–water partition coefficient (Wildman–Crippen LogP) is -0.637. The van der Waals surface area contributed by atoms with Crippen LogP contribution in [0.5, 0.6) is 0 Å². The number of ether oxygens (including phenoxy) is 1. The highest BCUT2D eigenvalue weighted by Crippen LogP contribution is 2.12. The lowest BCUT2D eigenvalue weighted by atomic mass is 10.1. The molecule has 0 spiro atoms. The summed E-state index contributed by atoms with van der Waals surface area (Å²) in [5.41, 5.74) is 0. The highest BCUT2D eigenvalue weighted by molar-refractivity contribution is 5.83. The van der Waals surface area contributed by atoms with Crippen LogP contribution in [0.25, 0.3) is 0 Å². The molecular formula is C9H15N2O2. The Morgan fingerprint density at radius 2 is 2.31 bits per heavy atom. The summed E-state index contributed by atoms with van der Waals surface area (Å²) in [5, 5.41) is 0. The Balaban J connectivity index is 1.93. The van der Waals surface area contributed by atoms with Crippen LogP contribution in [0.1, 0.15) is 0 Å². The molecule has 0 aromatic carbocycles. The zero-order valence-corrected chi connectivity index (χ0v) is 7.90. The summed E-state index contributed by atoms with van der Waals surface area (Å²) in [7, 11) is 1.98. The van der Waals surface area contributed by atoms with Crippen LogP contribution in [0.3, 0.4) is 0 Å². The van der Waals surface area contributed by atoms with Gasteiger partial charge < -0.3 is 9.64 Å². The molecule has 2 heterocycles. The van der Waals surface area contributed by atoms with E-state index in [4.69, 9.17) is 4.74 Å². The highest BCUT2D eigenvalue weighted by Gasteiger charge is 2.32. The van der Waals surface area contributed by atoms with E-state index in [1.807, 2.05) is 11.9 Å². The molecule has 0 aromatic heterocycles. The first kappa shape index (κ1) is 8.97. The van der Waals surface area contributed by atoms with E-state index >= 15 is 0 Å². The predicted molar refractivity (Wildman–Crippen MR) is 48.1 cm³/mol. The average Bonchev–Trinajstić information content (AvgIpc) is 2.01. The van der Waals surface area contributed by atoms with Gasteiger partial charge in [0.1, 0.15) is 6.04 Å². The van der Waals surface area contributed by atoms with Crippen molar-refractivity contribution in [1.82, 2.24) is 9.80 Å². The van der Waals surface area contributed by atoms with Crippen molar-refractivity contribution in [3.05, 3.63) is 6.42 Å². The molecule has 73 valence electrons. The number of likely N-dealkylation sites (N-methyl/N-ethyl adjacent to an activating group) is 1. The molecule has 2 aliphatic rings. The molecule has 2 fully saturated rings. The molecule has 0 aliphatic carbocycles. The largest absolute Gasteiger partial charge is 0.378 e. The van der Waals surface area contributed by atoms with Gasteiger partial charge in [-0.2, -0.15) is 0 Å². The fourth-order valence-corrected chi connectivity index (χ4v) is 1.60. The van der Waals surface area contributed by atoms with Crippen LogP contribution in [0.2, 0.25) is 0 Å². The molecule has 1 atom stereocenters. The quantitative estimate of drug-likeness (QED) is 0.542. The Bertz CT molecular complexity index is 204. The Morgan fingerprint density at radius 1 is 1.54 bits per heavy atom. The van der Waals surface area contributed by atoms with Gasteiger partial charge >= 0.3 is 0 Å². The maximum absolute atomic E-state index is 11.8. The lowest BCUT2D eigenvalue weighted by Gasteiger charge is -2.38. The third-order valence-electron chi connectivity index (χ3n) is 2.69. The van der Waals surface area contributed by atoms with Crippen LogP contribution in [-0.4, -0.2) is 61.6 Å². The first-order valence-corrected chi connectivity index (χ1v) is 4.67. The van der Waals surface area contributed by atoms with Crippen LogP contribution in [0, 0.1) is 6.42 Å². The fraction of sp³-hybridized carbons (Fsp3) is 0.778. The van der Waals surface area contributed by atoms with Crippen LogP contribution in [-0.2, 0) is 9.53 Å². The standard InChI is InChI=1S/C9H15N2O2/c1-10-5-6-13-7-8(10)9(12)11-3-2-4-11/h2,8H,3-7H2,1H3. The van der Waals surface area contributed by atoms with Crippen molar-refractivity contribution in [2.45, 2.75) is 6.04 Å². The van der Waals surface area contributed by atoms with Crippen molar-refractivity contribution < 1.29 is 9.53 Å². The Kier molecular flexibility index (Phi) is 2.51. The molecule has 4 nitrogen and oxygen atoms in total. The van der Waals surface area contributed by atoms with Crippen LogP contribution in [0.15, 0.2) is 0 Å². The van der Waals surface area contributed by atoms with Crippen LogP contribution < -0.4 is 0 Å². The smallest absolute Gasteiger partial charge is 0.242 e. The Hall–Kier alpha value is -0.610. The van der Waals surface area contributed by atoms with Gasteiger partial charge in [-0.3, -0.25) is 9.69 Å². The molecule has 0 N–H and O–H groups in total. The summed E-state index contributed by atoms with van der Waals surface area (Å²) in [6.45, 7) is 3.76. The maximum Gasteiger partial charge on any atom is 0.242 e. The van der Waals surface area contributed by atoms with E-state index in [-0.39, 0.29) is 11.9 Å². The summed E-state index contributed by atoms with van der Waals surface area (Å²) >= 11 is 0. The SMILES string of the molecule is CN1CCOCC1C(=O)N1C[CH]C1. The van der Waals surface area contributed by atoms with Gasteiger partial charge in [0.25, 0.3) is 0 Å². The van der Waals surface area contributed by atoms with Gasteiger partial charge in [-0.25, -0.2) is 0 Å². The Morgan fingerprint density at radius 3 is 2.85 bits per heavy atom. The van der Waals surface area contributed by atoms with Crippen molar-refractivity contribution in [3.8, 4) is 0 Å². The molecule has 13 heavy (non-hydrogen) atoms. The zero-order chi connectivity index (χ0) is 9.26. The lowest BCUT2D eigenvalue weighted by molar-refractivity contribution is -0.143. The third-order valence-corrected chi connectivity index (χ3v) is 2.69. The number of carbonyl (C=O) groups is 1. The highest BCUT2D eigenvalue weighted by atomic mass is 16.5. The van der Waals surface area contributed by atoms with Crippen molar-refractivity contribution in [2.75, 3.05) is 39.9 Å². The molecule has 1 unspecified atom stereocenters. The van der Waals surface area contributed by atoms with E-state index in [0.29, 0.717) is 6.61 Å². The van der Waals surface area contributed by atoms with Crippen LogP contribution >= 0.6 is 0 Å². The molecule has 1 radical (unpaired) electrons. The second kappa shape index (κ2) is 3.64. The van der Waals surface area contributed by atoms with E-state index in [9.17, 15) is 4.79 Å². The monoisotopic (exact) mass is 183 g/mol. The molecular weight excluding hydrogens is 168 g/mol. The first-order chi connectivity index (χ1) is 6.29. The summed E-state index contributed by atoms with van der Waals surface area (Å²) in [6, 6.07) is -0.0533. The van der Waals surface area contributed by atoms with Gasteiger partial charge in [0.2, 0.25) is 5.91 Å². The molecule has 2 aliphatic heterocycles. The first-order valence-electron chi connectivity index (χ1n) is 4.67. The topological polar surface area (TPSA) is 32.8 Å². The lowest BCUT2D eigenvalue weighted by Crippen LogP contribution is -2.56. The minimum absolute atomic E-state index is 0.0533. The van der Waals surface area contributed by atoms with Gasteiger partial charge in [-0.05, 0) is 7.05 Å². The van der Waals surface area contributed by atoms with Gasteiger partial charge in [0.05, 0.1) is 13.2 Å². The zero-order valence-electron chi connectivity index (χ0n) is 7.90. The van der Waals surface area contributed by atoms with E-state index < -0.39 is 0 Å². The summed E-state index contributed by atoms with van der Waals surface area (Å²) < 4.78 is 5.29. The number of carbonyl (C=O) groups excluding carboxylic acids is 1. The van der Waals surface area contributed by atoms with Gasteiger partial charge in [-0.15, -0.1) is 0 Å². The van der Waals surface area contributed by atoms with Crippen molar-refractivity contribution in [1.29, 1.82) is 0 Å². The second-order valence-electron chi connectivity index (χ2n) is 3.60. The van der Waals surface area contributed by atoms with Gasteiger partial charge in [-0.1, -0.05) is 0 Å². The summed E-state index contributed by atoms with van der Waals surface area (Å²) in [4.78, 5) is 15.7. The van der Waals surface area contributed by atoms with Crippen LogP contribution in [0.4, 0.5) is 0 Å². The molecule has 0 aromatic rings. The Labute approximate surface area is 78.4 Å². The fourth-order valence-electron chi connectivity index (χ4n) is 1.60. The van der Waals surface area contributed by atoms with E-state index in [2.05, 4.69) is 11.3 Å². The molecule has 2 rings (SSSR count). The molecule has 0 saturated carbocycles. The summed E-state index contributed by atoms with van der Waals surface area (Å²) in [5.74, 6) is 0.213.